The molecule has 4 heteroatoms. The first-order valence-corrected chi connectivity index (χ1v) is 7.91. The highest BCUT2D eigenvalue weighted by atomic mass is 16.7. The number of rotatable bonds is 8. The van der Waals surface area contributed by atoms with E-state index in [2.05, 4.69) is 0 Å². The summed E-state index contributed by atoms with van der Waals surface area (Å²) in [6.45, 7) is 0.970. The van der Waals surface area contributed by atoms with Crippen LogP contribution in [-0.4, -0.2) is 32.9 Å². The third-order valence-electron chi connectivity index (χ3n) is 3.96. The molecule has 0 spiro atoms. The van der Waals surface area contributed by atoms with Gasteiger partial charge in [0.25, 0.3) is 0 Å². The molecule has 0 bridgehead atoms. The van der Waals surface area contributed by atoms with Gasteiger partial charge in [-0.3, -0.25) is 4.79 Å². The number of ether oxygens (including phenoxy) is 3. The Balaban J connectivity index is 1.83. The Hall–Kier alpha value is -2.43. The third-order valence-corrected chi connectivity index (χ3v) is 3.96. The van der Waals surface area contributed by atoms with Crippen LogP contribution in [0, 0.1) is 0 Å². The van der Waals surface area contributed by atoms with E-state index in [1.165, 1.54) is 0 Å². The second-order valence-electron chi connectivity index (χ2n) is 5.48. The second-order valence-corrected chi connectivity index (χ2v) is 5.48. The SMILES string of the molecule is COCCOCOC1=C(c2ccccc2)C(c2ccccc2)C1=O. The van der Waals surface area contributed by atoms with E-state index in [0.29, 0.717) is 19.0 Å². The summed E-state index contributed by atoms with van der Waals surface area (Å²) in [5.74, 6) is 0.116. The molecule has 1 unspecified atom stereocenters. The lowest BCUT2D eigenvalue weighted by Gasteiger charge is -2.32. The van der Waals surface area contributed by atoms with E-state index < -0.39 is 0 Å². The summed E-state index contributed by atoms with van der Waals surface area (Å²) < 4.78 is 15.8. The van der Waals surface area contributed by atoms with E-state index >= 15 is 0 Å². The van der Waals surface area contributed by atoms with Crippen LogP contribution >= 0.6 is 0 Å². The van der Waals surface area contributed by atoms with Crippen LogP contribution < -0.4 is 0 Å². The number of allylic oxidation sites excluding steroid dienone is 2. The van der Waals surface area contributed by atoms with Crippen molar-refractivity contribution in [2.75, 3.05) is 27.1 Å². The molecule has 0 saturated heterocycles. The van der Waals surface area contributed by atoms with E-state index in [1.54, 1.807) is 7.11 Å². The van der Waals surface area contributed by atoms with E-state index in [-0.39, 0.29) is 18.5 Å². The molecule has 0 aliphatic heterocycles. The van der Waals surface area contributed by atoms with E-state index in [0.717, 1.165) is 16.7 Å². The Labute approximate surface area is 141 Å². The Bertz CT molecular complexity index is 707. The summed E-state index contributed by atoms with van der Waals surface area (Å²) in [7, 11) is 1.61. The maximum Gasteiger partial charge on any atom is 0.209 e. The number of Topliss-reactive ketones (excluding diaryl/α,β-unsaturated/α-hetero) is 1. The Morgan fingerprint density at radius 1 is 0.917 bits per heavy atom. The minimum absolute atomic E-state index is 0.00426. The number of carbonyl (C=O) groups excluding carboxylic acids is 1. The minimum atomic E-state index is -0.275. The molecule has 0 fully saturated rings. The number of benzene rings is 2. The van der Waals surface area contributed by atoms with Gasteiger partial charge in [0.2, 0.25) is 5.78 Å². The van der Waals surface area contributed by atoms with Crippen LogP contribution in [0.25, 0.3) is 5.57 Å². The average molecular weight is 324 g/mol. The molecule has 0 amide bonds. The molecule has 0 aromatic heterocycles. The quantitative estimate of drug-likeness (QED) is 0.551. The van der Waals surface area contributed by atoms with Crippen molar-refractivity contribution in [1.29, 1.82) is 0 Å². The maximum absolute atomic E-state index is 12.6. The van der Waals surface area contributed by atoms with Gasteiger partial charge in [-0.05, 0) is 11.1 Å². The first-order chi connectivity index (χ1) is 11.8. The highest BCUT2D eigenvalue weighted by Gasteiger charge is 2.42. The topological polar surface area (TPSA) is 44.8 Å². The number of methoxy groups -OCH3 is 1. The van der Waals surface area contributed by atoms with E-state index in [1.807, 2.05) is 60.7 Å². The molecule has 4 nitrogen and oxygen atoms in total. The Morgan fingerprint density at radius 2 is 1.58 bits per heavy atom. The Kier molecular flexibility index (Phi) is 5.41. The standard InChI is InChI=1S/C20H20O4/c1-22-12-13-23-14-24-20-18(16-10-6-3-7-11-16)17(19(20)21)15-8-4-2-5-9-15/h2-11,17H,12-14H2,1H3. The van der Waals surface area contributed by atoms with Gasteiger partial charge >= 0.3 is 0 Å². The molecule has 3 rings (SSSR count). The van der Waals surface area contributed by atoms with Crippen molar-refractivity contribution in [2.24, 2.45) is 0 Å². The van der Waals surface area contributed by atoms with Crippen molar-refractivity contribution in [2.45, 2.75) is 5.92 Å². The number of hydrogen-bond acceptors (Lipinski definition) is 4. The van der Waals surface area contributed by atoms with Gasteiger partial charge in [0, 0.05) is 12.7 Å². The summed E-state index contributed by atoms with van der Waals surface area (Å²) in [6, 6.07) is 19.6. The highest BCUT2D eigenvalue weighted by Crippen LogP contribution is 2.45. The molecule has 124 valence electrons. The summed E-state index contributed by atoms with van der Waals surface area (Å²) >= 11 is 0. The van der Waals surface area contributed by atoms with Crippen molar-refractivity contribution in [1.82, 2.24) is 0 Å². The summed E-state index contributed by atoms with van der Waals surface area (Å²) in [4.78, 5) is 12.6. The van der Waals surface area contributed by atoms with Crippen molar-refractivity contribution >= 4 is 11.4 Å². The van der Waals surface area contributed by atoms with Crippen molar-refractivity contribution < 1.29 is 19.0 Å². The lowest BCUT2D eigenvalue weighted by molar-refractivity contribution is -0.125. The first kappa shape index (κ1) is 16.4. The predicted molar refractivity (Wildman–Crippen MR) is 91.3 cm³/mol. The molecule has 0 N–H and O–H groups in total. The van der Waals surface area contributed by atoms with Crippen LogP contribution in [-0.2, 0) is 19.0 Å². The predicted octanol–water partition coefficient (Wildman–Crippen LogP) is 3.40. The zero-order chi connectivity index (χ0) is 16.8. The van der Waals surface area contributed by atoms with Crippen LogP contribution in [0.2, 0.25) is 0 Å². The third kappa shape index (κ3) is 3.40. The fourth-order valence-electron chi connectivity index (χ4n) is 2.78. The zero-order valence-corrected chi connectivity index (χ0v) is 13.6. The normalized spacial score (nSPS) is 16.9. The minimum Gasteiger partial charge on any atom is -0.463 e. The summed E-state index contributed by atoms with van der Waals surface area (Å²) in [6.07, 6.45) is 0. The van der Waals surface area contributed by atoms with Gasteiger partial charge < -0.3 is 14.2 Å². The maximum atomic E-state index is 12.6. The molecule has 1 atom stereocenters. The summed E-state index contributed by atoms with van der Waals surface area (Å²) in [5, 5.41) is 0. The molecule has 2 aromatic carbocycles. The van der Waals surface area contributed by atoms with Gasteiger partial charge in [0.15, 0.2) is 12.6 Å². The molecule has 2 aromatic rings. The fraction of sp³-hybridized carbons (Fsp3) is 0.250. The molecule has 24 heavy (non-hydrogen) atoms. The number of hydrogen-bond donors (Lipinski definition) is 0. The van der Waals surface area contributed by atoms with Crippen molar-refractivity contribution in [3.05, 3.63) is 77.5 Å². The molecule has 0 heterocycles. The van der Waals surface area contributed by atoms with Crippen molar-refractivity contribution in [3.8, 4) is 0 Å². The number of carbonyl (C=O) groups is 1. The van der Waals surface area contributed by atoms with Gasteiger partial charge in [0.1, 0.15) is 0 Å². The molecule has 0 saturated carbocycles. The summed E-state index contributed by atoms with van der Waals surface area (Å²) in [5.41, 5.74) is 2.90. The van der Waals surface area contributed by atoms with Crippen LogP contribution in [0.3, 0.4) is 0 Å². The highest BCUT2D eigenvalue weighted by molar-refractivity contribution is 6.21. The van der Waals surface area contributed by atoms with Crippen LogP contribution in [0.5, 0.6) is 0 Å². The van der Waals surface area contributed by atoms with E-state index in [9.17, 15) is 4.79 Å². The van der Waals surface area contributed by atoms with E-state index in [4.69, 9.17) is 14.2 Å². The van der Waals surface area contributed by atoms with Crippen LogP contribution in [0.1, 0.15) is 17.0 Å². The lowest BCUT2D eigenvalue weighted by atomic mass is 9.73. The van der Waals surface area contributed by atoms with Gasteiger partial charge in [0.05, 0.1) is 19.1 Å². The van der Waals surface area contributed by atoms with Gasteiger partial charge in [-0.1, -0.05) is 60.7 Å². The fourth-order valence-corrected chi connectivity index (χ4v) is 2.78. The molecular formula is C20H20O4. The largest absolute Gasteiger partial charge is 0.463 e. The van der Waals surface area contributed by atoms with Gasteiger partial charge in [-0.25, -0.2) is 0 Å². The zero-order valence-electron chi connectivity index (χ0n) is 13.6. The second kappa shape index (κ2) is 7.90. The lowest BCUT2D eigenvalue weighted by Crippen LogP contribution is -2.30. The van der Waals surface area contributed by atoms with Crippen LogP contribution in [0.4, 0.5) is 0 Å². The molecule has 0 radical (unpaired) electrons. The monoisotopic (exact) mass is 324 g/mol. The van der Waals surface area contributed by atoms with Gasteiger partial charge in [-0.2, -0.15) is 0 Å². The Morgan fingerprint density at radius 3 is 2.25 bits per heavy atom. The smallest absolute Gasteiger partial charge is 0.209 e. The molecule has 1 aliphatic carbocycles. The van der Waals surface area contributed by atoms with Gasteiger partial charge in [-0.15, -0.1) is 0 Å². The van der Waals surface area contributed by atoms with Crippen molar-refractivity contribution in [3.63, 3.8) is 0 Å². The number of ketones is 1. The average Bonchev–Trinajstić information content (AvgIpc) is 2.63. The van der Waals surface area contributed by atoms with Crippen LogP contribution in [0.15, 0.2) is 66.4 Å². The first-order valence-electron chi connectivity index (χ1n) is 7.91. The molecular weight excluding hydrogens is 304 g/mol. The molecule has 1 aliphatic rings.